The van der Waals surface area contributed by atoms with Gasteiger partial charge in [-0.05, 0) is 48.4 Å². The van der Waals surface area contributed by atoms with Crippen LogP contribution in [0.15, 0.2) is 88.9 Å². The van der Waals surface area contributed by atoms with Crippen molar-refractivity contribution in [1.82, 2.24) is 5.43 Å². The van der Waals surface area contributed by atoms with Crippen molar-refractivity contribution in [3.8, 4) is 0 Å². The number of hydrazone groups is 1. The first-order chi connectivity index (χ1) is 15.6. The third-order valence-corrected chi connectivity index (χ3v) is 6.39. The molecule has 1 amide bonds. The van der Waals surface area contributed by atoms with Gasteiger partial charge >= 0.3 is 6.18 Å². The molecule has 10 heteroatoms. The third-order valence-electron chi connectivity index (χ3n) is 4.62. The highest BCUT2D eigenvalue weighted by molar-refractivity contribution is 7.92. The topological polar surface area (TPSA) is 78.8 Å². The van der Waals surface area contributed by atoms with E-state index in [0.717, 1.165) is 22.7 Å². The molecule has 1 N–H and O–H groups in total. The minimum absolute atomic E-state index is 0.00789. The zero-order chi connectivity index (χ0) is 24.1. The number of nitrogens with zero attached hydrogens (tertiary/aromatic N) is 2. The molecule has 33 heavy (non-hydrogen) atoms. The fourth-order valence-electron chi connectivity index (χ4n) is 3.00. The standard InChI is InChI=1S/C23H20F3N3O3S/c1-17-8-5-6-13-21(17)29(33(31,32)20-11-3-2-4-12-20)16-22(30)28-27-15-18-9-7-10-19(14-18)23(24,25)26/h2-15H,16H2,1H3,(H,28,30)/b27-15-. The van der Waals surface area contributed by atoms with E-state index < -0.39 is 34.2 Å². The number of para-hydroxylation sites is 1. The molecule has 0 spiro atoms. The summed E-state index contributed by atoms with van der Waals surface area (Å²) in [5.41, 5.74) is 2.40. The molecule has 0 saturated heterocycles. The number of anilines is 1. The fraction of sp³-hybridized carbons (Fsp3) is 0.130. The van der Waals surface area contributed by atoms with Gasteiger partial charge in [0.05, 0.1) is 22.4 Å². The average Bonchev–Trinajstić information content (AvgIpc) is 2.78. The van der Waals surface area contributed by atoms with Crippen molar-refractivity contribution in [1.29, 1.82) is 0 Å². The molecule has 0 unspecified atom stereocenters. The number of hydrogen-bond acceptors (Lipinski definition) is 4. The lowest BCUT2D eigenvalue weighted by atomic mass is 10.1. The summed E-state index contributed by atoms with van der Waals surface area (Å²) in [6.07, 6.45) is -3.45. The van der Waals surface area contributed by atoms with Crippen molar-refractivity contribution in [3.05, 3.63) is 95.6 Å². The number of sulfonamides is 1. The molecule has 3 aromatic carbocycles. The maximum Gasteiger partial charge on any atom is 0.416 e. The highest BCUT2D eigenvalue weighted by Crippen LogP contribution is 2.29. The molecule has 0 radical (unpaired) electrons. The van der Waals surface area contributed by atoms with E-state index in [1.165, 1.54) is 24.3 Å². The fourth-order valence-corrected chi connectivity index (χ4v) is 4.51. The van der Waals surface area contributed by atoms with Gasteiger partial charge in [-0.15, -0.1) is 0 Å². The summed E-state index contributed by atoms with van der Waals surface area (Å²) >= 11 is 0. The van der Waals surface area contributed by atoms with Gasteiger partial charge in [-0.2, -0.15) is 18.3 Å². The minimum Gasteiger partial charge on any atom is -0.271 e. The van der Waals surface area contributed by atoms with Crippen molar-refractivity contribution in [3.63, 3.8) is 0 Å². The molecular weight excluding hydrogens is 455 g/mol. The summed E-state index contributed by atoms with van der Waals surface area (Å²) in [6, 6.07) is 18.8. The third kappa shape index (κ3) is 5.98. The molecule has 0 fully saturated rings. The van der Waals surface area contributed by atoms with Crippen LogP contribution in [-0.4, -0.2) is 27.1 Å². The monoisotopic (exact) mass is 475 g/mol. The van der Waals surface area contributed by atoms with Crippen molar-refractivity contribution >= 4 is 27.8 Å². The minimum atomic E-state index is -4.51. The second-order valence-corrected chi connectivity index (χ2v) is 8.89. The number of amides is 1. The first kappa shape index (κ1) is 24.0. The van der Waals surface area contributed by atoms with Crippen LogP contribution in [0.3, 0.4) is 0 Å². The van der Waals surface area contributed by atoms with Crippen LogP contribution in [0.2, 0.25) is 0 Å². The van der Waals surface area contributed by atoms with E-state index in [1.807, 2.05) is 0 Å². The van der Waals surface area contributed by atoms with E-state index in [1.54, 1.807) is 49.4 Å². The quantitative estimate of drug-likeness (QED) is 0.407. The normalized spacial score (nSPS) is 12.0. The Bertz CT molecular complexity index is 1260. The molecule has 3 aromatic rings. The van der Waals surface area contributed by atoms with Crippen LogP contribution in [0.4, 0.5) is 18.9 Å². The van der Waals surface area contributed by atoms with Gasteiger partial charge in [0, 0.05) is 0 Å². The SMILES string of the molecule is Cc1ccccc1N(CC(=O)N/N=C\c1cccc(C(F)(F)F)c1)S(=O)(=O)c1ccccc1. The number of halogens is 3. The molecule has 0 heterocycles. The van der Waals surface area contributed by atoms with Crippen LogP contribution in [0.5, 0.6) is 0 Å². The summed E-state index contributed by atoms with van der Waals surface area (Å²) in [4.78, 5) is 12.5. The summed E-state index contributed by atoms with van der Waals surface area (Å²) in [5.74, 6) is -0.763. The van der Waals surface area contributed by atoms with E-state index in [2.05, 4.69) is 10.5 Å². The highest BCUT2D eigenvalue weighted by atomic mass is 32.2. The number of carbonyl (C=O) groups excluding carboxylic acids is 1. The average molecular weight is 475 g/mol. The second-order valence-electron chi connectivity index (χ2n) is 7.03. The van der Waals surface area contributed by atoms with Gasteiger partial charge in [0.25, 0.3) is 15.9 Å². The van der Waals surface area contributed by atoms with Crippen LogP contribution in [0, 0.1) is 6.92 Å². The van der Waals surface area contributed by atoms with E-state index in [9.17, 15) is 26.4 Å². The zero-order valence-electron chi connectivity index (χ0n) is 17.5. The van der Waals surface area contributed by atoms with Gasteiger partial charge < -0.3 is 0 Å². The number of carbonyl (C=O) groups is 1. The Morgan fingerprint density at radius 1 is 1.00 bits per heavy atom. The Kier molecular flexibility index (Phi) is 7.17. The number of nitrogens with one attached hydrogen (secondary N) is 1. The van der Waals surface area contributed by atoms with Gasteiger partial charge in [-0.1, -0.05) is 48.5 Å². The Labute approximate surface area is 189 Å². The van der Waals surface area contributed by atoms with Gasteiger partial charge in [-0.25, -0.2) is 13.8 Å². The van der Waals surface area contributed by atoms with Crippen LogP contribution in [0.1, 0.15) is 16.7 Å². The Hall–Kier alpha value is -3.66. The zero-order valence-corrected chi connectivity index (χ0v) is 18.3. The summed E-state index contributed by atoms with van der Waals surface area (Å²) in [7, 11) is -4.08. The summed E-state index contributed by atoms with van der Waals surface area (Å²) < 4.78 is 66.0. The number of benzene rings is 3. The molecule has 0 aliphatic carbocycles. The molecule has 0 atom stereocenters. The van der Waals surface area contributed by atoms with E-state index in [-0.39, 0.29) is 10.5 Å². The van der Waals surface area contributed by atoms with Gasteiger partial charge in [0.15, 0.2) is 0 Å². The number of rotatable bonds is 7. The lowest BCUT2D eigenvalue weighted by molar-refractivity contribution is -0.137. The van der Waals surface area contributed by atoms with Crippen LogP contribution >= 0.6 is 0 Å². The summed E-state index contributed by atoms with van der Waals surface area (Å²) in [6.45, 7) is 1.13. The number of aryl methyl sites for hydroxylation is 1. The number of alkyl halides is 3. The van der Waals surface area contributed by atoms with Gasteiger partial charge in [0.2, 0.25) is 0 Å². The predicted molar refractivity (Wildman–Crippen MR) is 119 cm³/mol. The van der Waals surface area contributed by atoms with Crippen LogP contribution < -0.4 is 9.73 Å². The maximum absolute atomic E-state index is 13.2. The van der Waals surface area contributed by atoms with Crippen molar-refractivity contribution in [2.24, 2.45) is 5.10 Å². The molecule has 172 valence electrons. The van der Waals surface area contributed by atoms with Crippen molar-refractivity contribution < 1.29 is 26.4 Å². The van der Waals surface area contributed by atoms with E-state index in [0.29, 0.717) is 11.3 Å². The van der Waals surface area contributed by atoms with E-state index >= 15 is 0 Å². The first-order valence-electron chi connectivity index (χ1n) is 9.71. The van der Waals surface area contributed by atoms with Gasteiger partial charge in [0.1, 0.15) is 6.54 Å². The smallest absolute Gasteiger partial charge is 0.271 e. The van der Waals surface area contributed by atoms with Crippen LogP contribution in [-0.2, 0) is 21.0 Å². The molecule has 0 bridgehead atoms. The van der Waals surface area contributed by atoms with Crippen LogP contribution in [0.25, 0.3) is 0 Å². The Morgan fingerprint density at radius 2 is 1.67 bits per heavy atom. The molecule has 0 aliphatic heterocycles. The predicted octanol–water partition coefficient (Wildman–Crippen LogP) is 4.36. The molecule has 6 nitrogen and oxygen atoms in total. The molecule has 0 aliphatic rings. The summed E-state index contributed by atoms with van der Waals surface area (Å²) in [5, 5.41) is 3.68. The number of hydrogen-bond donors (Lipinski definition) is 1. The van der Waals surface area contributed by atoms with Gasteiger partial charge in [-0.3, -0.25) is 9.10 Å². The molecule has 3 rings (SSSR count). The second kappa shape index (κ2) is 9.86. The van der Waals surface area contributed by atoms with E-state index in [4.69, 9.17) is 0 Å². The van der Waals surface area contributed by atoms with Crippen molar-refractivity contribution in [2.75, 3.05) is 10.8 Å². The first-order valence-corrected chi connectivity index (χ1v) is 11.2. The largest absolute Gasteiger partial charge is 0.416 e. The molecule has 0 saturated carbocycles. The lowest BCUT2D eigenvalue weighted by Gasteiger charge is -2.25. The lowest BCUT2D eigenvalue weighted by Crippen LogP contribution is -2.40. The van der Waals surface area contributed by atoms with Crippen molar-refractivity contribution in [2.45, 2.75) is 18.0 Å². The Morgan fingerprint density at radius 3 is 2.33 bits per heavy atom. The highest BCUT2D eigenvalue weighted by Gasteiger charge is 2.30. The molecule has 0 aromatic heterocycles. The molecular formula is C23H20F3N3O3S. The maximum atomic E-state index is 13.2. The Balaban J connectivity index is 1.82.